The molecule has 2 rings (SSSR count). The number of nitrogens with zero attached hydrogens (tertiary/aromatic N) is 2. The lowest BCUT2D eigenvalue weighted by molar-refractivity contribution is 0.0519. The number of hydrogen-bond acceptors (Lipinski definition) is 5. The fourth-order valence-electron chi connectivity index (χ4n) is 1.40. The Morgan fingerprint density at radius 3 is 2.88 bits per heavy atom. The molecular formula is C12H10N2O3. The summed E-state index contributed by atoms with van der Waals surface area (Å²) in [5.41, 5.74) is -0.0604. The lowest BCUT2D eigenvalue weighted by Crippen LogP contribution is -2.11. The third-order valence-electron chi connectivity index (χ3n) is 2.17. The van der Waals surface area contributed by atoms with Crippen LogP contribution in [-0.2, 0) is 4.74 Å². The van der Waals surface area contributed by atoms with Crippen LogP contribution in [0.25, 0.3) is 10.9 Å². The first-order chi connectivity index (χ1) is 8.22. The van der Waals surface area contributed by atoms with Gasteiger partial charge < -0.3 is 4.74 Å². The van der Waals surface area contributed by atoms with E-state index in [4.69, 9.17) is 4.74 Å². The first-order valence-electron chi connectivity index (χ1n) is 5.15. The molecule has 0 spiro atoms. The summed E-state index contributed by atoms with van der Waals surface area (Å²) in [6.45, 7) is 1.91. The van der Waals surface area contributed by atoms with Crippen LogP contribution in [0, 0.1) is 0 Å². The molecule has 0 bridgehead atoms. The largest absolute Gasteiger partial charge is 0.461 e. The number of benzene rings is 1. The predicted molar refractivity (Wildman–Crippen MR) is 61.8 cm³/mol. The van der Waals surface area contributed by atoms with Gasteiger partial charge in [0.15, 0.2) is 5.69 Å². The number of aromatic nitrogens is 2. The van der Waals surface area contributed by atoms with Crippen LogP contribution in [0.1, 0.15) is 17.4 Å². The van der Waals surface area contributed by atoms with Crippen LogP contribution >= 0.6 is 0 Å². The number of esters is 1. The van der Waals surface area contributed by atoms with Gasteiger partial charge in [-0.25, -0.2) is 9.78 Å². The number of rotatable bonds is 2. The molecule has 0 radical (unpaired) electrons. The third-order valence-corrected chi connectivity index (χ3v) is 2.17. The van der Waals surface area contributed by atoms with E-state index >= 15 is 0 Å². The van der Waals surface area contributed by atoms with Gasteiger partial charge in [0.2, 0.25) is 0 Å². The molecule has 0 amide bonds. The van der Waals surface area contributed by atoms with Gasteiger partial charge in [-0.3, -0.25) is 9.78 Å². The zero-order valence-electron chi connectivity index (χ0n) is 9.21. The van der Waals surface area contributed by atoms with E-state index in [2.05, 4.69) is 9.97 Å². The highest BCUT2D eigenvalue weighted by molar-refractivity contribution is 5.87. The third kappa shape index (κ3) is 2.28. The quantitative estimate of drug-likeness (QED) is 0.724. The lowest BCUT2D eigenvalue weighted by atomic mass is 10.2. The normalized spacial score (nSPS) is 10.2. The number of hydrogen-bond donors (Lipinski definition) is 0. The molecule has 1 aromatic carbocycles. The maximum atomic E-state index is 11.7. The van der Waals surface area contributed by atoms with E-state index in [-0.39, 0.29) is 12.3 Å². The molecule has 0 fully saturated rings. The molecule has 5 heteroatoms. The Morgan fingerprint density at radius 1 is 1.35 bits per heavy atom. The fourth-order valence-corrected chi connectivity index (χ4v) is 1.40. The van der Waals surface area contributed by atoms with Crippen LogP contribution in [-0.4, -0.2) is 22.5 Å². The van der Waals surface area contributed by atoms with Crippen LogP contribution in [0.5, 0.6) is 0 Å². The molecule has 1 aromatic heterocycles. The van der Waals surface area contributed by atoms with Crippen molar-refractivity contribution in [2.45, 2.75) is 6.92 Å². The summed E-state index contributed by atoms with van der Waals surface area (Å²) in [6.07, 6.45) is 1.25. The van der Waals surface area contributed by atoms with E-state index in [9.17, 15) is 9.59 Å². The van der Waals surface area contributed by atoms with Gasteiger partial charge in [-0.2, -0.15) is 0 Å². The molecule has 0 saturated heterocycles. The highest BCUT2D eigenvalue weighted by Crippen LogP contribution is 2.04. The summed E-state index contributed by atoms with van der Waals surface area (Å²) < 4.78 is 4.77. The van der Waals surface area contributed by atoms with Crippen LogP contribution < -0.4 is 5.56 Å². The van der Waals surface area contributed by atoms with Crippen molar-refractivity contribution in [1.29, 1.82) is 0 Å². The Bertz CT molecular complexity index is 625. The minimum absolute atomic E-state index is 0.0759. The standard InChI is InChI=1S/C12H10N2O3/c1-2-17-12(16)10-7-13-9-6-4-3-5-8(9)11(15)14-10/h3-7H,2H2,1H3. The number of carbonyl (C=O) groups is 1. The monoisotopic (exact) mass is 230 g/mol. The molecule has 0 aliphatic carbocycles. The second-order valence-corrected chi connectivity index (χ2v) is 3.30. The average Bonchev–Trinajstić information content (AvgIpc) is 2.50. The molecule has 1 heterocycles. The minimum Gasteiger partial charge on any atom is -0.461 e. The number of carbonyl (C=O) groups excluding carboxylic acids is 1. The molecule has 5 nitrogen and oxygen atoms in total. The lowest BCUT2D eigenvalue weighted by Gasteiger charge is -1.95. The molecule has 0 aliphatic rings. The fraction of sp³-hybridized carbons (Fsp3) is 0.167. The second-order valence-electron chi connectivity index (χ2n) is 3.30. The molecule has 2 aromatic rings. The average molecular weight is 230 g/mol. The number of fused-ring (bicyclic) bond motifs is 1. The highest BCUT2D eigenvalue weighted by Gasteiger charge is 2.09. The Labute approximate surface area is 97.1 Å². The molecule has 0 atom stereocenters. The Morgan fingerprint density at radius 2 is 2.12 bits per heavy atom. The van der Waals surface area contributed by atoms with Crippen molar-refractivity contribution in [2.24, 2.45) is 0 Å². The zero-order chi connectivity index (χ0) is 12.3. The topological polar surface area (TPSA) is 69.2 Å². The summed E-state index contributed by atoms with van der Waals surface area (Å²) in [7, 11) is 0. The maximum Gasteiger partial charge on any atom is 0.358 e. The molecule has 0 N–H and O–H groups in total. The van der Waals surface area contributed by atoms with Crippen molar-refractivity contribution in [1.82, 2.24) is 9.97 Å². The van der Waals surface area contributed by atoms with Crippen molar-refractivity contribution in [3.63, 3.8) is 0 Å². The van der Waals surface area contributed by atoms with Gasteiger partial charge in [0.05, 0.1) is 23.7 Å². The predicted octanol–water partition coefficient (Wildman–Crippen LogP) is 1.17. The highest BCUT2D eigenvalue weighted by atomic mass is 16.5. The van der Waals surface area contributed by atoms with Gasteiger partial charge in [0, 0.05) is 0 Å². The minimum atomic E-state index is -0.641. The SMILES string of the molecule is CCOC(=O)c1cnc2ccccc2c(=O)n1. The van der Waals surface area contributed by atoms with Gasteiger partial charge in [-0.15, -0.1) is 0 Å². The van der Waals surface area contributed by atoms with E-state index in [1.54, 1.807) is 31.2 Å². The summed E-state index contributed by atoms with van der Waals surface area (Å²) in [5, 5.41) is 0.378. The summed E-state index contributed by atoms with van der Waals surface area (Å²) in [6, 6.07) is 6.79. The Hall–Kier alpha value is -2.30. The van der Waals surface area contributed by atoms with E-state index < -0.39 is 11.5 Å². The second kappa shape index (κ2) is 4.69. The Kier molecular flexibility index (Phi) is 3.09. The van der Waals surface area contributed by atoms with Gasteiger partial charge in [-0.05, 0) is 19.1 Å². The summed E-state index contributed by atoms with van der Waals surface area (Å²) in [5.74, 6) is -0.641. The molecule has 86 valence electrons. The van der Waals surface area contributed by atoms with Gasteiger partial charge in [0.1, 0.15) is 0 Å². The summed E-state index contributed by atoms with van der Waals surface area (Å²) >= 11 is 0. The molecular weight excluding hydrogens is 220 g/mol. The molecule has 0 saturated carbocycles. The van der Waals surface area contributed by atoms with E-state index in [1.165, 1.54) is 6.20 Å². The van der Waals surface area contributed by atoms with E-state index in [0.717, 1.165) is 0 Å². The van der Waals surface area contributed by atoms with Crippen molar-refractivity contribution < 1.29 is 9.53 Å². The first kappa shape index (κ1) is 11.2. The zero-order valence-corrected chi connectivity index (χ0v) is 9.21. The van der Waals surface area contributed by atoms with Crippen LogP contribution in [0.15, 0.2) is 35.3 Å². The maximum absolute atomic E-state index is 11.7. The van der Waals surface area contributed by atoms with Gasteiger partial charge >= 0.3 is 5.97 Å². The number of ether oxygens (including phenoxy) is 1. The molecule has 17 heavy (non-hydrogen) atoms. The van der Waals surface area contributed by atoms with E-state index in [1.807, 2.05) is 0 Å². The molecule has 0 aliphatic heterocycles. The van der Waals surface area contributed by atoms with Gasteiger partial charge in [0.25, 0.3) is 5.56 Å². The van der Waals surface area contributed by atoms with Crippen LogP contribution in [0.4, 0.5) is 0 Å². The van der Waals surface area contributed by atoms with E-state index in [0.29, 0.717) is 10.9 Å². The van der Waals surface area contributed by atoms with Crippen LogP contribution in [0.3, 0.4) is 0 Å². The van der Waals surface area contributed by atoms with Crippen molar-refractivity contribution >= 4 is 16.9 Å². The smallest absolute Gasteiger partial charge is 0.358 e. The number of para-hydroxylation sites is 1. The first-order valence-corrected chi connectivity index (χ1v) is 5.15. The Balaban J connectivity index is 2.64. The van der Waals surface area contributed by atoms with Gasteiger partial charge in [-0.1, -0.05) is 12.1 Å². The van der Waals surface area contributed by atoms with Crippen molar-refractivity contribution in [3.8, 4) is 0 Å². The van der Waals surface area contributed by atoms with Crippen molar-refractivity contribution in [2.75, 3.05) is 6.61 Å². The van der Waals surface area contributed by atoms with Crippen molar-refractivity contribution in [3.05, 3.63) is 46.5 Å². The van der Waals surface area contributed by atoms with Crippen LogP contribution in [0.2, 0.25) is 0 Å². The molecule has 0 unspecified atom stereocenters. The summed E-state index contributed by atoms with van der Waals surface area (Å²) in [4.78, 5) is 30.9.